The van der Waals surface area contributed by atoms with Crippen molar-refractivity contribution in [2.24, 2.45) is 0 Å². The van der Waals surface area contributed by atoms with Gasteiger partial charge in [-0.25, -0.2) is 0 Å². The molecule has 0 aliphatic carbocycles. The molecule has 1 aromatic heterocycles. The summed E-state index contributed by atoms with van der Waals surface area (Å²) in [4.78, 5) is 16.8. The second-order valence-corrected chi connectivity index (χ2v) is 9.79. The summed E-state index contributed by atoms with van der Waals surface area (Å²) < 4.78 is 11.8. The van der Waals surface area contributed by atoms with Crippen molar-refractivity contribution >= 4 is 11.7 Å². The van der Waals surface area contributed by atoms with Crippen molar-refractivity contribution in [3.8, 4) is 22.6 Å². The number of carbonyl (C=O) groups is 1. The molecule has 0 unspecified atom stereocenters. The van der Waals surface area contributed by atoms with Gasteiger partial charge in [0, 0.05) is 39.3 Å². The Morgan fingerprint density at radius 3 is 2.42 bits per heavy atom. The largest absolute Gasteiger partial charge is 0.494 e. The topological polar surface area (TPSA) is 79.8 Å². The summed E-state index contributed by atoms with van der Waals surface area (Å²) in [7, 11) is 0. The fraction of sp³-hybridized carbons (Fsp3) is 0.433. The van der Waals surface area contributed by atoms with E-state index >= 15 is 0 Å². The van der Waals surface area contributed by atoms with Crippen molar-refractivity contribution in [1.82, 2.24) is 20.4 Å². The fourth-order valence-electron chi connectivity index (χ4n) is 4.53. The summed E-state index contributed by atoms with van der Waals surface area (Å²) in [6.45, 7) is 13.7. The van der Waals surface area contributed by atoms with Crippen molar-refractivity contribution in [1.29, 1.82) is 0 Å². The molecule has 0 saturated carbocycles. The van der Waals surface area contributed by atoms with Crippen LogP contribution in [0.5, 0.6) is 11.5 Å². The van der Waals surface area contributed by atoms with E-state index in [4.69, 9.17) is 9.47 Å². The SMILES string of the molecule is CCCNC(=O)c1ccc(N2CCN(Cc3cc(OC(C)C)cc(-c4cccc(OCC)c4)c3)CC2)nn1. The predicted octanol–water partition coefficient (Wildman–Crippen LogP) is 4.79. The molecule has 0 atom stereocenters. The normalized spacial score (nSPS) is 14.0. The number of rotatable bonds is 11. The van der Waals surface area contributed by atoms with Crippen LogP contribution in [0.15, 0.2) is 54.6 Å². The average molecular weight is 518 g/mol. The number of ether oxygens (including phenoxy) is 2. The van der Waals surface area contributed by atoms with Gasteiger partial charge in [0.2, 0.25) is 0 Å². The molecule has 1 aliphatic rings. The minimum absolute atomic E-state index is 0.0987. The minimum Gasteiger partial charge on any atom is -0.494 e. The fourth-order valence-corrected chi connectivity index (χ4v) is 4.53. The molecule has 202 valence electrons. The number of nitrogens with one attached hydrogen (secondary N) is 1. The first-order chi connectivity index (χ1) is 18.4. The number of benzene rings is 2. The van der Waals surface area contributed by atoms with E-state index in [-0.39, 0.29) is 12.0 Å². The molecule has 1 amide bonds. The van der Waals surface area contributed by atoms with Crippen LogP contribution < -0.4 is 19.7 Å². The summed E-state index contributed by atoms with van der Waals surface area (Å²) in [5, 5.41) is 11.3. The molecule has 8 nitrogen and oxygen atoms in total. The lowest BCUT2D eigenvalue weighted by Crippen LogP contribution is -2.46. The highest BCUT2D eigenvalue weighted by Gasteiger charge is 2.20. The second-order valence-electron chi connectivity index (χ2n) is 9.79. The third-order valence-electron chi connectivity index (χ3n) is 6.34. The molecule has 1 fully saturated rings. The van der Waals surface area contributed by atoms with E-state index in [0.717, 1.165) is 67.6 Å². The van der Waals surface area contributed by atoms with E-state index in [0.29, 0.717) is 18.8 Å². The third kappa shape index (κ3) is 7.44. The van der Waals surface area contributed by atoms with Gasteiger partial charge in [-0.05, 0) is 86.3 Å². The van der Waals surface area contributed by atoms with Crippen LogP contribution in [0.1, 0.15) is 50.2 Å². The Kier molecular flexibility index (Phi) is 9.54. The van der Waals surface area contributed by atoms with Crippen molar-refractivity contribution in [3.63, 3.8) is 0 Å². The Morgan fingerprint density at radius 2 is 1.74 bits per heavy atom. The average Bonchev–Trinajstić information content (AvgIpc) is 2.92. The van der Waals surface area contributed by atoms with Crippen molar-refractivity contribution in [3.05, 3.63) is 65.9 Å². The Bertz CT molecular complexity index is 1190. The van der Waals surface area contributed by atoms with E-state index in [9.17, 15) is 4.79 Å². The predicted molar refractivity (Wildman–Crippen MR) is 151 cm³/mol. The van der Waals surface area contributed by atoms with Gasteiger partial charge >= 0.3 is 0 Å². The monoisotopic (exact) mass is 517 g/mol. The summed E-state index contributed by atoms with van der Waals surface area (Å²) in [5.74, 6) is 2.38. The molecule has 38 heavy (non-hydrogen) atoms. The summed E-state index contributed by atoms with van der Waals surface area (Å²) >= 11 is 0. The van der Waals surface area contributed by atoms with Gasteiger partial charge in [0.25, 0.3) is 5.91 Å². The maximum absolute atomic E-state index is 12.1. The number of hydrogen-bond acceptors (Lipinski definition) is 7. The van der Waals surface area contributed by atoms with E-state index < -0.39 is 0 Å². The molecule has 2 heterocycles. The number of piperazine rings is 1. The zero-order chi connectivity index (χ0) is 26.9. The lowest BCUT2D eigenvalue weighted by atomic mass is 10.0. The molecule has 1 aliphatic heterocycles. The van der Waals surface area contributed by atoms with E-state index in [1.807, 2.05) is 45.9 Å². The maximum atomic E-state index is 12.1. The van der Waals surface area contributed by atoms with Crippen LogP contribution in [0.25, 0.3) is 11.1 Å². The zero-order valence-electron chi connectivity index (χ0n) is 22.9. The molecule has 4 rings (SSSR count). The lowest BCUT2D eigenvalue weighted by Gasteiger charge is -2.35. The number of aromatic nitrogens is 2. The van der Waals surface area contributed by atoms with Crippen LogP contribution >= 0.6 is 0 Å². The first kappa shape index (κ1) is 27.4. The molecule has 8 heteroatoms. The highest BCUT2D eigenvalue weighted by atomic mass is 16.5. The van der Waals surface area contributed by atoms with Gasteiger partial charge in [0.05, 0.1) is 12.7 Å². The third-order valence-corrected chi connectivity index (χ3v) is 6.34. The van der Waals surface area contributed by atoms with E-state index in [1.165, 1.54) is 5.56 Å². The van der Waals surface area contributed by atoms with Gasteiger partial charge in [-0.2, -0.15) is 0 Å². The van der Waals surface area contributed by atoms with E-state index in [2.05, 4.69) is 55.6 Å². The Labute approximate surface area is 226 Å². The van der Waals surface area contributed by atoms with Gasteiger partial charge in [0.15, 0.2) is 11.5 Å². The summed E-state index contributed by atoms with van der Waals surface area (Å²) in [6, 6.07) is 18.4. The molecular formula is C30H39N5O3. The Hall–Kier alpha value is -3.65. The second kappa shape index (κ2) is 13.2. The number of amides is 1. The first-order valence-electron chi connectivity index (χ1n) is 13.6. The number of nitrogens with zero attached hydrogens (tertiary/aromatic N) is 4. The van der Waals surface area contributed by atoms with Crippen LogP contribution in [0.3, 0.4) is 0 Å². The van der Waals surface area contributed by atoms with Gasteiger partial charge in [0.1, 0.15) is 11.5 Å². The highest BCUT2D eigenvalue weighted by molar-refractivity contribution is 5.92. The van der Waals surface area contributed by atoms with Gasteiger partial charge < -0.3 is 19.7 Å². The van der Waals surface area contributed by atoms with Crippen LogP contribution in [-0.2, 0) is 6.54 Å². The van der Waals surface area contributed by atoms with Crippen molar-refractivity contribution in [2.45, 2.75) is 46.8 Å². The summed E-state index contributed by atoms with van der Waals surface area (Å²) in [5.41, 5.74) is 3.81. The standard InChI is InChI=1S/C30H39N5O3/c1-5-12-31-30(36)28-10-11-29(33-32-28)35-15-13-34(14-16-35)21-23-17-25(20-27(18-23)38-22(3)4)24-8-7-9-26(19-24)37-6-2/h7-11,17-20,22H,5-6,12-16,21H2,1-4H3,(H,31,36). The number of anilines is 1. The molecule has 0 radical (unpaired) electrons. The van der Waals surface area contributed by atoms with Gasteiger partial charge in [-0.15, -0.1) is 10.2 Å². The van der Waals surface area contributed by atoms with Crippen molar-refractivity contribution < 1.29 is 14.3 Å². The number of carbonyl (C=O) groups excluding carboxylic acids is 1. The van der Waals surface area contributed by atoms with Crippen LogP contribution in [0, 0.1) is 0 Å². The maximum Gasteiger partial charge on any atom is 0.271 e. The minimum atomic E-state index is -0.177. The molecule has 2 aromatic carbocycles. The van der Waals surface area contributed by atoms with Crippen LogP contribution in [0.2, 0.25) is 0 Å². The van der Waals surface area contributed by atoms with Crippen molar-refractivity contribution in [2.75, 3.05) is 44.2 Å². The highest BCUT2D eigenvalue weighted by Crippen LogP contribution is 2.30. The smallest absolute Gasteiger partial charge is 0.271 e. The molecule has 1 N–H and O–H groups in total. The quantitative estimate of drug-likeness (QED) is 0.392. The first-order valence-corrected chi connectivity index (χ1v) is 13.6. The Morgan fingerprint density at radius 1 is 0.947 bits per heavy atom. The van der Waals surface area contributed by atoms with E-state index in [1.54, 1.807) is 6.07 Å². The van der Waals surface area contributed by atoms with Gasteiger partial charge in [-0.3, -0.25) is 9.69 Å². The van der Waals surface area contributed by atoms with Gasteiger partial charge in [-0.1, -0.05) is 19.1 Å². The molecule has 0 bridgehead atoms. The molecule has 1 saturated heterocycles. The lowest BCUT2D eigenvalue weighted by molar-refractivity contribution is 0.0947. The summed E-state index contributed by atoms with van der Waals surface area (Å²) in [6.07, 6.45) is 0.987. The molecule has 3 aromatic rings. The van der Waals surface area contributed by atoms with Crippen LogP contribution in [0.4, 0.5) is 5.82 Å². The molecule has 0 spiro atoms. The number of hydrogen-bond donors (Lipinski definition) is 1. The zero-order valence-corrected chi connectivity index (χ0v) is 22.9. The Balaban J connectivity index is 1.42. The van der Waals surface area contributed by atoms with Crippen LogP contribution in [-0.4, -0.2) is 66.4 Å². The molecular weight excluding hydrogens is 478 g/mol.